The van der Waals surface area contributed by atoms with Crippen LogP contribution in [0.3, 0.4) is 0 Å². The number of ether oxygens (including phenoxy) is 1. The van der Waals surface area contributed by atoms with Gasteiger partial charge in [-0.1, -0.05) is 35.4 Å². The first-order valence-electron chi connectivity index (χ1n) is 10.5. The predicted molar refractivity (Wildman–Crippen MR) is 126 cm³/mol. The summed E-state index contributed by atoms with van der Waals surface area (Å²) in [6.45, 7) is 5.35. The largest absolute Gasteiger partial charge is 0.491 e. The van der Waals surface area contributed by atoms with Crippen LogP contribution in [0.2, 0.25) is 0 Å². The maximum Gasteiger partial charge on any atom is 0.264 e. The van der Waals surface area contributed by atoms with Gasteiger partial charge in [-0.15, -0.1) is 0 Å². The van der Waals surface area contributed by atoms with Crippen LogP contribution in [0, 0.1) is 19.7 Å². The number of sulfonamides is 1. The fraction of sp³-hybridized carbons (Fsp3) is 0.240. The number of aryl methyl sites for hydroxylation is 2. The summed E-state index contributed by atoms with van der Waals surface area (Å²) in [7, 11) is -4.06. The molecule has 6 nitrogen and oxygen atoms in total. The van der Waals surface area contributed by atoms with Crippen molar-refractivity contribution in [1.82, 2.24) is 5.32 Å². The topological polar surface area (TPSA) is 75.7 Å². The molecule has 0 aliphatic rings. The standard InChI is InChI=1S/C25H27FN2O4S/c1-18-4-12-23(13-5-18)32-17-20(3)27-25(29)16-28(22-10-8-21(26)9-11-22)33(30,31)24-14-6-19(2)7-15-24/h4-15,20H,16-17H2,1-3H3,(H,27,29). The normalized spacial score (nSPS) is 12.1. The molecule has 0 saturated heterocycles. The van der Waals surface area contributed by atoms with Crippen molar-refractivity contribution in [3.8, 4) is 5.75 Å². The van der Waals surface area contributed by atoms with Crippen LogP contribution in [0.15, 0.2) is 77.7 Å². The van der Waals surface area contributed by atoms with Gasteiger partial charge in [-0.3, -0.25) is 9.10 Å². The van der Waals surface area contributed by atoms with E-state index in [4.69, 9.17) is 4.74 Å². The fourth-order valence-corrected chi connectivity index (χ4v) is 4.53. The summed E-state index contributed by atoms with van der Waals surface area (Å²) in [4.78, 5) is 12.8. The van der Waals surface area contributed by atoms with Gasteiger partial charge in [-0.05, 0) is 69.3 Å². The molecule has 0 aliphatic carbocycles. The summed E-state index contributed by atoms with van der Waals surface area (Å²) in [6, 6.07) is 18.5. The monoisotopic (exact) mass is 470 g/mol. The predicted octanol–water partition coefficient (Wildman–Crippen LogP) is 4.22. The first-order valence-corrected chi connectivity index (χ1v) is 11.9. The second-order valence-electron chi connectivity index (χ2n) is 7.89. The van der Waals surface area contributed by atoms with E-state index in [1.165, 1.54) is 24.3 Å². The summed E-state index contributed by atoms with van der Waals surface area (Å²) in [5, 5.41) is 2.76. The average Bonchev–Trinajstić information content (AvgIpc) is 2.78. The Balaban J connectivity index is 1.73. The lowest BCUT2D eigenvalue weighted by Gasteiger charge is -2.25. The number of rotatable bonds is 9. The molecule has 8 heteroatoms. The quantitative estimate of drug-likeness (QED) is 0.508. The maximum atomic E-state index is 13.4. The van der Waals surface area contributed by atoms with E-state index in [1.54, 1.807) is 19.1 Å². The molecular weight excluding hydrogens is 443 g/mol. The molecule has 1 amide bonds. The molecule has 0 aromatic heterocycles. The van der Waals surface area contributed by atoms with Crippen molar-refractivity contribution in [3.63, 3.8) is 0 Å². The van der Waals surface area contributed by atoms with Gasteiger partial charge < -0.3 is 10.1 Å². The van der Waals surface area contributed by atoms with Gasteiger partial charge in [-0.2, -0.15) is 0 Å². The van der Waals surface area contributed by atoms with E-state index in [0.717, 1.165) is 27.6 Å². The molecule has 3 aromatic carbocycles. The van der Waals surface area contributed by atoms with Gasteiger partial charge >= 0.3 is 0 Å². The Hall–Kier alpha value is -3.39. The molecule has 0 spiro atoms. The molecule has 1 unspecified atom stereocenters. The van der Waals surface area contributed by atoms with Crippen LogP contribution in [-0.4, -0.2) is 33.5 Å². The van der Waals surface area contributed by atoms with Crippen LogP contribution in [0.5, 0.6) is 5.75 Å². The summed E-state index contributed by atoms with van der Waals surface area (Å²) in [6.07, 6.45) is 0. The third-order valence-corrected chi connectivity index (χ3v) is 6.73. The third-order valence-electron chi connectivity index (χ3n) is 4.94. The highest BCUT2D eigenvalue weighted by Crippen LogP contribution is 2.24. The van der Waals surface area contributed by atoms with Crippen molar-refractivity contribution in [2.75, 3.05) is 17.5 Å². The highest BCUT2D eigenvalue weighted by Gasteiger charge is 2.27. The van der Waals surface area contributed by atoms with Gasteiger partial charge in [0, 0.05) is 0 Å². The first kappa shape index (κ1) is 24.3. The van der Waals surface area contributed by atoms with Crippen molar-refractivity contribution < 1.29 is 22.3 Å². The van der Waals surface area contributed by atoms with E-state index < -0.39 is 28.3 Å². The molecule has 3 rings (SSSR count). The van der Waals surface area contributed by atoms with Crippen molar-refractivity contribution in [3.05, 3.63) is 89.7 Å². The number of amides is 1. The molecule has 1 atom stereocenters. The number of carbonyl (C=O) groups excluding carboxylic acids is 1. The molecule has 174 valence electrons. The molecule has 0 radical (unpaired) electrons. The summed E-state index contributed by atoms with van der Waals surface area (Å²) >= 11 is 0. The number of benzene rings is 3. The number of nitrogens with zero attached hydrogens (tertiary/aromatic N) is 1. The van der Waals surface area contributed by atoms with Crippen molar-refractivity contribution in [2.45, 2.75) is 31.7 Å². The lowest BCUT2D eigenvalue weighted by atomic mass is 10.2. The van der Waals surface area contributed by atoms with E-state index in [0.29, 0.717) is 5.75 Å². The highest BCUT2D eigenvalue weighted by atomic mass is 32.2. The number of hydrogen-bond donors (Lipinski definition) is 1. The molecule has 33 heavy (non-hydrogen) atoms. The summed E-state index contributed by atoms with van der Waals surface area (Å²) in [5.74, 6) is -0.329. The van der Waals surface area contributed by atoms with E-state index in [-0.39, 0.29) is 23.2 Å². The van der Waals surface area contributed by atoms with Crippen LogP contribution in [0.4, 0.5) is 10.1 Å². The lowest BCUT2D eigenvalue weighted by Crippen LogP contribution is -2.45. The van der Waals surface area contributed by atoms with Gasteiger partial charge in [-0.25, -0.2) is 12.8 Å². The number of halogens is 1. The van der Waals surface area contributed by atoms with Gasteiger partial charge in [0.1, 0.15) is 24.7 Å². The minimum absolute atomic E-state index is 0.0426. The SMILES string of the molecule is Cc1ccc(OCC(C)NC(=O)CN(c2ccc(F)cc2)S(=O)(=O)c2ccc(C)cc2)cc1. The first-order chi connectivity index (χ1) is 15.6. The van der Waals surface area contributed by atoms with E-state index >= 15 is 0 Å². The van der Waals surface area contributed by atoms with E-state index in [9.17, 15) is 17.6 Å². The number of anilines is 1. The van der Waals surface area contributed by atoms with Crippen LogP contribution in [-0.2, 0) is 14.8 Å². The molecule has 0 fully saturated rings. The second kappa shape index (κ2) is 10.5. The molecule has 3 aromatic rings. The molecule has 0 bridgehead atoms. The number of carbonyl (C=O) groups is 1. The Morgan fingerprint density at radius 3 is 2.06 bits per heavy atom. The summed E-state index contributed by atoms with van der Waals surface area (Å²) in [5.41, 5.74) is 2.21. The van der Waals surface area contributed by atoms with Crippen molar-refractivity contribution in [2.24, 2.45) is 0 Å². The molecule has 0 aliphatic heterocycles. The number of nitrogens with one attached hydrogen (secondary N) is 1. The molecular formula is C25H27FN2O4S. The highest BCUT2D eigenvalue weighted by molar-refractivity contribution is 7.92. The van der Waals surface area contributed by atoms with Gasteiger partial charge in [0.05, 0.1) is 16.6 Å². The van der Waals surface area contributed by atoms with E-state index in [2.05, 4.69) is 5.32 Å². The van der Waals surface area contributed by atoms with E-state index in [1.807, 2.05) is 38.1 Å². The Labute approximate surface area is 194 Å². The molecule has 0 heterocycles. The Kier molecular flexibility index (Phi) is 7.71. The lowest BCUT2D eigenvalue weighted by molar-refractivity contribution is -0.120. The fourth-order valence-electron chi connectivity index (χ4n) is 3.11. The third kappa shape index (κ3) is 6.55. The zero-order valence-electron chi connectivity index (χ0n) is 18.8. The number of hydrogen-bond acceptors (Lipinski definition) is 4. The Bertz CT molecular complexity index is 1180. The zero-order chi connectivity index (χ0) is 24.0. The van der Waals surface area contributed by atoms with Crippen LogP contribution < -0.4 is 14.4 Å². The average molecular weight is 471 g/mol. The van der Waals surface area contributed by atoms with Crippen LogP contribution >= 0.6 is 0 Å². The second-order valence-corrected chi connectivity index (χ2v) is 9.76. The minimum Gasteiger partial charge on any atom is -0.491 e. The Morgan fingerprint density at radius 2 is 1.48 bits per heavy atom. The Morgan fingerprint density at radius 1 is 0.939 bits per heavy atom. The van der Waals surface area contributed by atoms with Crippen molar-refractivity contribution in [1.29, 1.82) is 0 Å². The minimum atomic E-state index is -4.06. The van der Waals surface area contributed by atoms with Crippen LogP contribution in [0.25, 0.3) is 0 Å². The zero-order valence-corrected chi connectivity index (χ0v) is 19.6. The van der Waals surface area contributed by atoms with Gasteiger partial charge in [0.15, 0.2) is 0 Å². The van der Waals surface area contributed by atoms with Crippen molar-refractivity contribution >= 4 is 21.6 Å². The molecule has 0 saturated carbocycles. The molecule has 1 N–H and O–H groups in total. The maximum absolute atomic E-state index is 13.4. The summed E-state index contributed by atoms with van der Waals surface area (Å²) < 4.78 is 46.7. The van der Waals surface area contributed by atoms with Gasteiger partial charge in [0.2, 0.25) is 5.91 Å². The van der Waals surface area contributed by atoms with Crippen LogP contribution in [0.1, 0.15) is 18.1 Å². The van der Waals surface area contributed by atoms with Gasteiger partial charge in [0.25, 0.3) is 10.0 Å². The smallest absolute Gasteiger partial charge is 0.264 e.